The molecule has 3 atom stereocenters. The van der Waals surface area contributed by atoms with Crippen LogP contribution in [0.3, 0.4) is 0 Å². The van der Waals surface area contributed by atoms with Crippen molar-refractivity contribution < 1.29 is 33.0 Å². The Bertz CT molecular complexity index is 1090. The highest BCUT2D eigenvalue weighted by Crippen LogP contribution is 2.55. The van der Waals surface area contributed by atoms with Gasteiger partial charge in [0.2, 0.25) is 5.91 Å². The van der Waals surface area contributed by atoms with Crippen molar-refractivity contribution in [3.8, 4) is 11.1 Å². The maximum Gasteiger partial charge on any atom is 0.407 e. The van der Waals surface area contributed by atoms with Crippen LogP contribution in [0, 0.1) is 17.8 Å². The number of halogens is 2. The summed E-state index contributed by atoms with van der Waals surface area (Å²) in [5, 5.41) is 13.8. The van der Waals surface area contributed by atoms with Gasteiger partial charge in [0, 0.05) is 12.5 Å². The number of nitrogens with one attached hydrogen (secondary N) is 2. The van der Waals surface area contributed by atoms with Crippen LogP contribution in [0.25, 0.3) is 11.1 Å². The molecule has 0 heterocycles. The summed E-state index contributed by atoms with van der Waals surface area (Å²) < 4.78 is 33.8. The number of hydrogen-bond donors (Lipinski definition) is 3. The first-order valence-corrected chi connectivity index (χ1v) is 11.6. The first-order valence-electron chi connectivity index (χ1n) is 11.6. The summed E-state index contributed by atoms with van der Waals surface area (Å²) in [6.07, 6.45) is -0.723. The van der Waals surface area contributed by atoms with Gasteiger partial charge in [0.15, 0.2) is 0 Å². The molecule has 1 saturated carbocycles. The van der Waals surface area contributed by atoms with Crippen LogP contribution in [0.1, 0.15) is 37.3 Å². The Morgan fingerprint density at radius 1 is 1.03 bits per heavy atom. The number of fused-ring (bicyclic) bond motifs is 3. The van der Waals surface area contributed by atoms with Crippen molar-refractivity contribution in [2.75, 3.05) is 13.2 Å². The van der Waals surface area contributed by atoms with Crippen molar-refractivity contribution in [3.05, 3.63) is 59.7 Å². The minimum absolute atomic E-state index is 0.0397. The number of alkyl carbamates (subject to hydrolysis) is 1. The largest absolute Gasteiger partial charge is 0.480 e. The van der Waals surface area contributed by atoms with E-state index >= 15 is 0 Å². The molecule has 0 aromatic heterocycles. The zero-order valence-electron chi connectivity index (χ0n) is 19.5. The molecule has 7 nitrogen and oxygen atoms in total. The summed E-state index contributed by atoms with van der Waals surface area (Å²) in [7, 11) is 0. The smallest absolute Gasteiger partial charge is 0.407 e. The van der Waals surface area contributed by atoms with E-state index in [4.69, 9.17) is 4.74 Å². The first-order chi connectivity index (χ1) is 16.6. The van der Waals surface area contributed by atoms with Gasteiger partial charge in [0.1, 0.15) is 18.6 Å². The topological polar surface area (TPSA) is 105 Å². The number of hydrogen-bond acceptors (Lipinski definition) is 4. The van der Waals surface area contributed by atoms with Crippen molar-refractivity contribution >= 4 is 18.0 Å². The molecule has 4 rings (SSSR count). The van der Waals surface area contributed by atoms with E-state index in [1.807, 2.05) is 48.5 Å². The Morgan fingerprint density at radius 2 is 1.60 bits per heavy atom. The van der Waals surface area contributed by atoms with Crippen molar-refractivity contribution in [2.45, 2.75) is 38.2 Å². The number of aliphatic carboxylic acids is 1. The number of carbonyl (C=O) groups is 3. The standard InChI is InChI=1S/C26H28F2N2O5/c1-14(2)11-21(24(32)33)30-23(31)22-20(26(22,27)28)12-29-25(34)35-13-19-17-9-5-3-7-15(17)16-8-4-6-10-18(16)19/h3-10,14,19-22H,11-13H2,1-2H3,(H,29,34)(H,30,31)(H,32,33)/t20-,21?,22-/m0/s1. The molecule has 2 aromatic carbocycles. The van der Waals surface area contributed by atoms with Gasteiger partial charge in [-0.25, -0.2) is 18.4 Å². The molecule has 0 radical (unpaired) electrons. The summed E-state index contributed by atoms with van der Waals surface area (Å²) in [4.78, 5) is 35.9. The van der Waals surface area contributed by atoms with Crippen molar-refractivity contribution in [3.63, 3.8) is 0 Å². The lowest BCUT2D eigenvalue weighted by Crippen LogP contribution is -2.43. The second kappa shape index (κ2) is 9.64. The minimum atomic E-state index is -3.33. The number of rotatable bonds is 9. The normalized spacial score (nSPS) is 20.5. The highest BCUT2D eigenvalue weighted by Gasteiger charge is 2.71. The van der Waals surface area contributed by atoms with E-state index in [1.165, 1.54) is 0 Å². The fraction of sp³-hybridized carbons (Fsp3) is 0.423. The average Bonchev–Trinajstić information content (AvgIpc) is 3.22. The van der Waals surface area contributed by atoms with Crippen LogP contribution in [0.15, 0.2) is 48.5 Å². The van der Waals surface area contributed by atoms with Crippen LogP contribution >= 0.6 is 0 Å². The van der Waals surface area contributed by atoms with Crippen LogP contribution in [-0.2, 0) is 14.3 Å². The lowest BCUT2D eigenvalue weighted by atomic mass is 9.98. The van der Waals surface area contributed by atoms with Crippen LogP contribution in [-0.4, -0.2) is 48.2 Å². The molecule has 2 aliphatic carbocycles. The number of benzene rings is 2. The Hall–Kier alpha value is -3.49. The monoisotopic (exact) mass is 486 g/mol. The molecule has 2 amide bonds. The lowest BCUT2D eigenvalue weighted by Gasteiger charge is -2.16. The molecule has 1 fully saturated rings. The third-order valence-corrected chi connectivity index (χ3v) is 6.62. The highest BCUT2D eigenvalue weighted by molar-refractivity contribution is 5.88. The fourth-order valence-corrected chi connectivity index (χ4v) is 4.80. The number of alkyl halides is 2. The minimum Gasteiger partial charge on any atom is -0.480 e. The van der Waals surface area contributed by atoms with Crippen LogP contribution in [0.4, 0.5) is 13.6 Å². The van der Waals surface area contributed by atoms with E-state index in [0.717, 1.165) is 22.3 Å². The number of amides is 2. The molecule has 9 heteroatoms. The van der Waals surface area contributed by atoms with E-state index in [1.54, 1.807) is 13.8 Å². The molecule has 2 aromatic rings. The highest BCUT2D eigenvalue weighted by atomic mass is 19.3. The Kier molecular flexibility index (Phi) is 6.78. The number of carboxylic acids is 1. The van der Waals surface area contributed by atoms with Crippen LogP contribution in [0.5, 0.6) is 0 Å². The maximum absolute atomic E-state index is 14.2. The van der Waals surface area contributed by atoms with Gasteiger partial charge < -0.3 is 20.5 Å². The summed E-state index contributed by atoms with van der Waals surface area (Å²) in [5.74, 6) is -8.94. The van der Waals surface area contributed by atoms with Crippen molar-refractivity contribution in [1.29, 1.82) is 0 Å². The van der Waals surface area contributed by atoms with Gasteiger partial charge in [-0.05, 0) is 34.6 Å². The van der Waals surface area contributed by atoms with Gasteiger partial charge in [-0.1, -0.05) is 62.4 Å². The summed E-state index contributed by atoms with van der Waals surface area (Å²) in [6, 6.07) is 14.4. The third kappa shape index (κ3) is 4.99. The number of carboxylic acid groups (broad SMARTS) is 1. The van der Waals surface area contributed by atoms with E-state index in [9.17, 15) is 28.3 Å². The molecule has 186 valence electrons. The van der Waals surface area contributed by atoms with E-state index < -0.39 is 48.3 Å². The third-order valence-electron chi connectivity index (χ3n) is 6.62. The summed E-state index contributed by atoms with van der Waals surface area (Å²) in [6.45, 7) is 3.13. The number of ether oxygens (including phenoxy) is 1. The van der Waals surface area contributed by atoms with E-state index in [-0.39, 0.29) is 24.9 Å². The molecule has 2 aliphatic rings. The zero-order valence-corrected chi connectivity index (χ0v) is 19.5. The second-order valence-electron chi connectivity index (χ2n) is 9.49. The van der Waals surface area contributed by atoms with Gasteiger partial charge in [0.25, 0.3) is 5.92 Å². The van der Waals surface area contributed by atoms with Gasteiger partial charge >= 0.3 is 12.1 Å². The molecular formula is C26H28F2N2O5. The zero-order chi connectivity index (χ0) is 25.3. The molecule has 3 N–H and O–H groups in total. The van der Waals surface area contributed by atoms with Crippen molar-refractivity contribution in [2.24, 2.45) is 17.8 Å². The molecule has 0 aliphatic heterocycles. The Balaban J connectivity index is 1.31. The van der Waals surface area contributed by atoms with E-state index in [0.29, 0.717) is 0 Å². The molecule has 35 heavy (non-hydrogen) atoms. The van der Waals surface area contributed by atoms with E-state index in [2.05, 4.69) is 10.6 Å². The van der Waals surface area contributed by atoms with Gasteiger partial charge in [-0.3, -0.25) is 4.79 Å². The van der Waals surface area contributed by atoms with Crippen LogP contribution < -0.4 is 10.6 Å². The van der Waals surface area contributed by atoms with Gasteiger partial charge in [-0.2, -0.15) is 0 Å². The molecular weight excluding hydrogens is 458 g/mol. The molecule has 0 saturated heterocycles. The summed E-state index contributed by atoms with van der Waals surface area (Å²) >= 11 is 0. The molecule has 0 bridgehead atoms. The van der Waals surface area contributed by atoms with Crippen LogP contribution in [0.2, 0.25) is 0 Å². The number of carbonyl (C=O) groups excluding carboxylic acids is 2. The van der Waals surface area contributed by atoms with Crippen molar-refractivity contribution in [1.82, 2.24) is 10.6 Å². The maximum atomic E-state index is 14.2. The predicted octanol–water partition coefficient (Wildman–Crippen LogP) is 4.02. The molecule has 0 spiro atoms. The van der Waals surface area contributed by atoms with Gasteiger partial charge in [0.05, 0.1) is 5.92 Å². The predicted molar refractivity (Wildman–Crippen MR) is 124 cm³/mol. The second-order valence-corrected chi connectivity index (χ2v) is 9.49. The first kappa shape index (κ1) is 24.6. The lowest BCUT2D eigenvalue weighted by molar-refractivity contribution is -0.142. The fourth-order valence-electron chi connectivity index (χ4n) is 4.80. The SMILES string of the molecule is CC(C)CC(NC(=O)[C@@H]1[C@H](CNC(=O)OCC2c3ccccc3-c3ccccc32)C1(F)F)C(=O)O. The Morgan fingerprint density at radius 3 is 2.14 bits per heavy atom. The Labute approximate surface area is 201 Å². The molecule has 1 unspecified atom stereocenters. The van der Waals surface area contributed by atoms with Gasteiger partial charge in [-0.15, -0.1) is 0 Å². The quantitative estimate of drug-likeness (QED) is 0.497. The summed E-state index contributed by atoms with van der Waals surface area (Å²) in [5.41, 5.74) is 4.20. The average molecular weight is 487 g/mol.